The van der Waals surface area contributed by atoms with E-state index in [1.165, 1.54) is 0 Å². The van der Waals surface area contributed by atoms with Gasteiger partial charge in [-0.25, -0.2) is 14.8 Å². The molecule has 1 aromatic carbocycles. The second-order valence-electron chi connectivity index (χ2n) is 10.9. The summed E-state index contributed by atoms with van der Waals surface area (Å²) in [5, 5.41) is 3.44. The van der Waals surface area contributed by atoms with E-state index in [0.29, 0.717) is 30.5 Å². The zero-order valence-electron chi connectivity index (χ0n) is 22.0. The number of pyridine rings is 1. The average Bonchev–Trinajstić information content (AvgIpc) is 3.47. The molecule has 2 aromatic heterocycles. The molecule has 0 saturated carbocycles. The minimum atomic E-state index is -0.532. The number of fused-ring (bicyclic) bond motifs is 2. The number of rotatable bonds is 5. The molecule has 2 unspecified atom stereocenters. The highest BCUT2D eigenvalue weighted by atomic mass is 16.6. The number of hydrogen-bond acceptors (Lipinski definition) is 7. The lowest BCUT2D eigenvalue weighted by Gasteiger charge is -2.36. The van der Waals surface area contributed by atoms with Crippen LogP contribution in [0.3, 0.4) is 0 Å². The number of anilines is 2. The van der Waals surface area contributed by atoms with Crippen LogP contribution in [-0.2, 0) is 11.8 Å². The van der Waals surface area contributed by atoms with Crippen molar-refractivity contribution in [2.75, 3.05) is 23.3 Å². The molecule has 2 saturated heterocycles. The molecule has 5 rings (SSSR count). The quantitative estimate of drug-likeness (QED) is 0.559. The number of aromatic nitrogens is 3. The van der Waals surface area contributed by atoms with Crippen molar-refractivity contribution < 1.29 is 9.53 Å². The number of nitrogens with zero attached hydrogens (tertiary/aromatic N) is 5. The first kappa shape index (κ1) is 24.8. The molecule has 0 radical (unpaired) electrons. The smallest absolute Gasteiger partial charge is 0.410 e. The highest BCUT2D eigenvalue weighted by Crippen LogP contribution is 2.35. The highest BCUT2D eigenvalue weighted by Gasteiger charge is 2.47. The van der Waals surface area contributed by atoms with Crippen molar-refractivity contribution in [1.29, 1.82) is 0 Å². The van der Waals surface area contributed by atoms with Crippen LogP contribution in [0.2, 0.25) is 0 Å². The zero-order valence-corrected chi connectivity index (χ0v) is 22.0. The number of piperazine rings is 1. The Morgan fingerprint density at radius 2 is 1.86 bits per heavy atom. The summed E-state index contributed by atoms with van der Waals surface area (Å²) in [5.41, 5.74) is 1.92. The number of benzene rings is 1. The summed E-state index contributed by atoms with van der Waals surface area (Å²) in [6.45, 7) is 8.88. The molecule has 3 aromatic rings. The maximum atomic E-state index is 13.0. The third-order valence-corrected chi connectivity index (χ3v) is 6.96. The average molecular weight is 503 g/mol. The fourth-order valence-corrected chi connectivity index (χ4v) is 5.10. The predicted molar refractivity (Wildman–Crippen MR) is 144 cm³/mol. The van der Waals surface area contributed by atoms with Crippen LogP contribution in [0, 0.1) is 0 Å². The van der Waals surface area contributed by atoms with Gasteiger partial charge in [-0.1, -0.05) is 30.3 Å². The lowest BCUT2D eigenvalue weighted by molar-refractivity contribution is 0.0214. The number of carbonyl (C=O) groups is 1. The molecule has 4 heterocycles. The van der Waals surface area contributed by atoms with E-state index in [9.17, 15) is 9.59 Å². The molecule has 1 N–H and O–H groups in total. The normalized spacial score (nSPS) is 19.7. The van der Waals surface area contributed by atoms with E-state index in [1.807, 2.05) is 56.0 Å². The van der Waals surface area contributed by atoms with Crippen LogP contribution < -0.4 is 15.8 Å². The number of nitrogens with one attached hydrogen (secondary N) is 1. The van der Waals surface area contributed by atoms with Gasteiger partial charge in [0.05, 0.1) is 17.8 Å². The molecule has 0 aliphatic carbocycles. The molecular formula is C28H34N6O3. The van der Waals surface area contributed by atoms with Gasteiger partial charge in [-0.3, -0.25) is 9.36 Å². The number of ether oxygens (including phenoxy) is 1. The van der Waals surface area contributed by atoms with Gasteiger partial charge >= 0.3 is 6.09 Å². The van der Waals surface area contributed by atoms with Gasteiger partial charge in [0.1, 0.15) is 11.4 Å². The second kappa shape index (κ2) is 9.53. The minimum absolute atomic E-state index is 0.0385. The van der Waals surface area contributed by atoms with Crippen LogP contribution in [0.1, 0.15) is 45.7 Å². The number of hydrogen-bond donors (Lipinski definition) is 1. The Labute approximate surface area is 217 Å². The van der Waals surface area contributed by atoms with Gasteiger partial charge in [-0.15, -0.1) is 0 Å². The van der Waals surface area contributed by atoms with E-state index in [0.717, 1.165) is 17.5 Å². The van der Waals surface area contributed by atoms with Crippen LogP contribution in [-0.4, -0.2) is 56.3 Å². The van der Waals surface area contributed by atoms with E-state index in [-0.39, 0.29) is 29.8 Å². The van der Waals surface area contributed by atoms with Crippen molar-refractivity contribution >= 4 is 17.9 Å². The maximum absolute atomic E-state index is 13.0. The minimum Gasteiger partial charge on any atom is -0.444 e. The Morgan fingerprint density at radius 3 is 2.54 bits per heavy atom. The monoisotopic (exact) mass is 502 g/mol. The van der Waals surface area contributed by atoms with Crippen LogP contribution in [0.5, 0.6) is 0 Å². The van der Waals surface area contributed by atoms with Gasteiger partial charge in [0, 0.05) is 44.0 Å². The Kier molecular flexibility index (Phi) is 6.39. The third-order valence-electron chi connectivity index (χ3n) is 6.96. The van der Waals surface area contributed by atoms with Gasteiger partial charge in [0.25, 0.3) is 5.56 Å². The van der Waals surface area contributed by atoms with E-state index in [4.69, 9.17) is 9.72 Å². The fourth-order valence-electron chi connectivity index (χ4n) is 5.10. The summed E-state index contributed by atoms with van der Waals surface area (Å²) in [7, 11) is 1.74. The van der Waals surface area contributed by atoms with Gasteiger partial charge in [0.2, 0.25) is 5.95 Å². The molecule has 3 atom stereocenters. The van der Waals surface area contributed by atoms with Crippen molar-refractivity contribution in [3.05, 3.63) is 70.6 Å². The highest BCUT2D eigenvalue weighted by molar-refractivity contribution is 5.70. The Bertz CT molecular complexity index is 1350. The number of carbonyl (C=O) groups excluding carboxylic acids is 1. The number of amides is 1. The topological polar surface area (TPSA) is 92.6 Å². The van der Waals surface area contributed by atoms with Gasteiger partial charge < -0.3 is 19.9 Å². The van der Waals surface area contributed by atoms with E-state index in [1.54, 1.807) is 23.9 Å². The predicted octanol–water partition coefficient (Wildman–Crippen LogP) is 4.21. The molecule has 0 spiro atoms. The largest absolute Gasteiger partial charge is 0.444 e. The molecule has 2 aliphatic heterocycles. The van der Waals surface area contributed by atoms with Crippen LogP contribution in [0.15, 0.2) is 59.5 Å². The third kappa shape index (κ3) is 5.16. The Morgan fingerprint density at radius 1 is 1.11 bits per heavy atom. The molecule has 9 heteroatoms. The van der Waals surface area contributed by atoms with Crippen molar-refractivity contribution in [2.45, 2.75) is 57.8 Å². The first-order valence-corrected chi connectivity index (χ1v) is 12.7. The molecule has 37 heavy (non-hydrogen) atoms. The first-order valence-electron chi connectivity index (χ1n) is 12.7. The van der Waals surface area contributed by atoms with Crippen molar-refractivity contribution in [1.82, 2.24) is 19.4 Å². The summed E-state index contributed by atoms with van der Waals surface area (Å²) in [5.74, 6) is 1.33. The van der Waals surface area contributed by atoms with Crippen molar-refractivity contribution in [3.8, 4) is 11.3 Å². The van der Waals surface area contributed by atoms with E-state index >= 15 is 0 Å². The van der Waals surface area contributed by atoms with Crippen molar-refractivity contribution in [3.63, 3.8) is 0 Å². The molecule has 9 nitrogen and oxygen atoms in total. The summed E-state index contributed by atoms with van der Waals surface area (Å²) in [4.78, 5) is 38.9. The van der Waals surface area contributed by atoms with Crippen LogP contribution in [0.4, 0.5) is 16.6 Å². The lowest BCUT2D eigenvalue weighted by atomic mass is 10.1. The van der Waals surface area contributed by atoms with E-state index < -0.39 is 5.60 Å². The fraction of sp³-hybridized carbons (Fsp3) is 0.429. The van der Waals surface area contributed by atoms with Gasteiger partial charge in [-0.2, -0.15) is 0 Å². The molecular weight excluding hydrogens is 468 g/mol. The van der Waals surface area contributed by atoms with Gasteiger partial charge in [-0.05, 0) is 51.8 Å². The standard InChI is InChI=1S/C28H34N6O3/c1-18(19-9-7-6-8-10-19)30-24-13-20(11-12-29-24)23-15-25(35)32(5)26(31-23)33-16-22-14-21(33)17-34(22)27(36)37-28(2,3)4/h6-13,15,18,21-22H,14,16-17H2,1-5H3,(H,29,30)/t18-,21?,22?/m1/s1. The zero-order chi connectivity index (χ0) is 26.3. The summed E-state index contributed by atoms with van der Waals surface area (Å²) in [6.07, 6.45) is 2.28. The van der Waals surface area contributed by atoms with Gasteiger partial charge in [0.15, 0.2) is 0 Å². The number of likely N-dealkylation sites (tertiary alicyclic amines) is 1. The molecule has 2 bridgehead atoms. The first-order chi connectivity index (χ1) is 17.6. The summed E-state index contributed by atoms with van der Waals surface area (Å²) >= 11 is 0. The van der Waals surface area contributed by atoms with Crippen molar-refractivity contribution in [2.24, 2.45) is 7.05 Å². The van der Waals surface area contributed by atoms with E-state index in [2.05, 4.69) is 34.3 Å². The molecule has 194 valence electrons. The Hall–Kier alpha value is -3.88. The van der Waals surface area contributed by atoms with Crippen LogP contribution in [0.25, 0.3) is 11.3 Å². The maximum Gasteiger partial charge on any atom is 0.410 e. The van der Waals surface area contributed by atoms with Crippen LogP contribution >= 0.6 is 0 Å². The lowest BCUT2D eigenvalue weighted by Crippen LogP contribution is -2.51. The summed E-state index contributed by atoms with van der Waals surface area (Å²) in [6, 6.07) is 15.7. The second-order valence-corrected chi connectivity index (χ2v) is 10.9. The molecule has 2 aliphatic rings. The Balaban J connectivity index is 1.36. The molecule has 1 amide bonds. The molecule has 2 fully saturated rings. The SMILES string of the molecule is C[C@@H](Nc1cc(-c2cc(=O)n(C)c(N3CC4CC3CN4C(=O)OC(C)(C)C)n2)ccn1)c1ccccc1. The summed E-state index contributed by atoms with van der Waals surface area (Å²) < 4.78 is 7.17.